The van der Waals surface area contributed by atoms with Crippen LogP contribution in [0.4, 0.5) is 0 Å². The molecule has 0 unspecified atom stereocenters. The third-order valence-electron chi connectivity index (χ3n) is 3.08. The minimum absolute atomic E-state index is 0.295. The summed E-state index contributed by atoms with van der Waals surface area (Å²) in [7, 11) is 0. The second-order valence-electron chi connectivity index (χ2n) is 4.60. The second kappa shape index (κ2) is 6.36. The van der Waals surface area contributed by atoms with E-state index in [1.165, 1.54) is 0 Å². The van der Waals surface area contributed by atoms with E-state index >= 15 is 0 Å². The molecule has 0 spiro atoms. The van der Waals surface area contributed by atoms with Crippen molar-refractivity contribution >= 4 is 5.97 Å². The molecule has 0 aliphatic rings. The van der Waals surface area contributed by atoms with Gasteiger partial charge in [0.05, 0.1) is 13.2 Å². The molecule has 0 saturated carbocycles. The first-order valence-corrected chi connectivity index (χ1v) is 6.86. The first-order chi connectivity index (χ1) is 9.67. The number of aromatic nitrogens is 4. The highest BCUT2D eigenvalue weighted by Crippen LogP contribution is 2.13. The maximum Gasteiger partial charge on any atom is 0.355 e. The average Bonchev–Trinajstić information content (AvgIpc) is 2.99. The van der Waals surface area contributed by atoms with Gasteiger partial charge < -0.3 is 9.30 Å². The van der Waals surface area contributed by atoms with E-state index in [1.807, 2.05) is 28.4 Å². The van der Waals surface area contributed by atoms with E-state index in [0.717, 1.165) is 24.4 Å². The van der Waals surface area contributed by atoms with Gasteiger partial charge in [0.2, 0.25) is 0 Å². The maximum absolute atomic E-state index is 12.0. The lowest BCUT2D eigenvalue weighted by Gasteiger charge is -2.10. The van der Waals surface area contributed by atoms with Crippen molar-refractivity contribution in [2.75, 3.05) is 6.61 Å². The van der Waals surface area contributed by atoms with Crippen LogP contribution in [0.2, 0.25) is 0 Å². The van der Waals surface area contributed by atoms with E-state index in [9.17, 15) is 4.79 Å². The van der Waals surface area contributed by atoms with Crippen LogP contribution < -0.4 is 0 Å². The third kappa shape index (κ3) is 2.89. The Hall–Kier alpha value is -2.11. The molecule has 0 aromatic carbocycles. The van der Waals surface area contributed by atoms with Gasteiger partial charge in [0.25, 0.3) is 0 Å². The molecule has 108 valence electrons. The summed E-state index contributed by atoms with van der Waals surface area (Å²) in [6.07, 6.45) is 4.42. The van der Waals surface area contributed by atoms with Crippen molar-refractivity contribution in [3.05, 3.63) is 35.7 Å². The van der Waals surface area contributed by atoms with Crippen molar-refractivity contribution in [2.24, 2.45) is 0 Å². The fourth-order valence-electron chi connectivity index (χ4n) is 2.15. The Morgan fingerprint density at radius 1 is 1.40 bits per heavy atom. The first-order valence-electron chi connectivity index (χ1n) is 6.86. The summed E-state index contributed by atoms with van der Waals surface area (Å²) in [5, 5.41) is 4.20. The maximum atomic E-state index is 12.0. The number of aryl methyl sites for hydroxylation is 2. The highest BCUT2D eigenvalue weighted by atomic mass is 16.5. The zero-order valence-electron chi connectivity index (χ0n) is 12.2. The van der Waals surface area contributed by atoms with Crippen molar-refractivity contribution in [3.63, 3.8) is 0 Å². The van der Waals surface area contributed by atoms with Crippen LogP contribution in [0.1, 0.15) is 42.1 Å². The molecular formula is C14H20N4O2. The van der Waals surface area contributed by atoms with E-state index in [0.29, 0.717) is 18.8 Å². The Morgan fingerprint density at radius 3 is 2.90 bits per heavy atom. The van der Waals surface area contributed by atoms with Gasteiger partial charge in [-0.3, -0.25) is 0 Å². The SMILES string of the molecule is CCCn1ncnc1Cn1ccc(C)c1C(=O)OCC. The van der Waals surface area contributed by atoms with Crippen molar-refractivity contribution < 1.29 is 9.53 Å². The molecule has 6 heteroatoms. The number of rotatable bonds is 6. The van der Waals surface area contributed by atoms with Gasteiger partial charge in [0.15, 0.2) is 0 Å². The topological polar surface area (TPSA) is 61.9 Å². The zero-order chi connectivity index (χ0) is 14.5. The molecule has 0 aliphatic carbocycles. The monoisotopic (exact) mass is 276 g/mol. The van der Waals surface area contributed by atoms with Crippen LogP contribution in [0.3, 0.4) is 0 Å². The van der Waals surface area contributed by atoms with Crippen molar-refractivity contribution in [1.29, 1.82) is 0 Å². The van der Waals surface area contributed by atoms with Gasteiger partial charge in [0.1, 0.15) is 17.8 Å². The Bertz CT molecular complexity index is 586. The summed E-state index contributed by atoms with van der Waals surface area (Å²) >= 11 is 0. The number of ether oxygens (including phenoxy) is 1. The number of esters is 1. The van der Waals surface area contributed by atoms with Crippen LogP contribution in [0.5, 0.6) is 0 Å². The number of carbonyl (C=O) groups excluding carboxylic acids is 1. The molecule has 2 aromatic rings. The van der Waals surface area contributed by atoms with Gasteiger partial charge in [-0.2, -0.15) is 5.10 Å². The number of carbonyl (C=O) groups is 1. The summed E-state index contributed by atoms with van der Waals surface area (Å²) in [4.78, 5) is 16.3. The molecule has 0 saturated heterocycles. The van der Waals surface area contributed by atoms with Gasteiger partial charge >= 0.3 is 5.97 Å². The summed E-state index contributed by atoms with van der Waals surface area (Å²) in [6, 6.07) is 1.91. The molecule has 2 aromatic heterocycles. The quantitative estimate of drug-likeness (QED) is 0.757. The summed E-state index contributed by atoms with van der Waals surface area (Å²) < 4.78 is 8.83. The lowest BCUT2D eigenvalue weighted by molar-refractivity contribution is 0.0513. The normalized spacial score (nSPS) is 10.8. The molecule has 0 atom stereocenters. The standard InChI is InChI=1S/C14H20N4O2/c1-4-7-18-12(15-10-16-18)9-17-8-6-11(3)13(17)14(19)20-5-2/h6,8,10H,4-5,7,9H2,1-3H3. The fraction of sp³-hybridized carbons (Fsp3) is 0.500. The van der Waals surface area contributed by atoms with Gasteiger partial charge in [-0.25, -0.2) is 14.5 Å². The van der Waals surface area contributed by atoms with Crippen LogP contribution in [-0.2, 0) is 17.8 Å². The van der Waals surface area contributed by atoms with Crippen molar-refractivity contribution in [1.82, 2.24) is 19.3 Å². The number of hydrogen-bond acceptors (Lipinski definition) is 4. The molecule has 0 fully saturated rings. The second-order valence-corrected chi connectivity index (χ2v) is 4.60. The molecule has 0 bridgehead atoms. The molecule has 0 radical (unpaired) electrons. The molecule has 6 nitrogen and oxygen atoms in total. The minimum atomic E-state index is -0.295. The van der Waals surface area contributed by atoms with E-state index in [4.69, 9.17) is 4.74 Å². The van der Waals surface area contributed by atoms with Crippen LogP contribution in [0, 0.1) is 6.92 Å². The van der Waals surface area contributed by atoms with Crippen LogP contribution in [0.25, 0.3) is 0 Å². The van der Waals surface area contributed by atoms with E-state index < -0.39 is 0 Å². The highest BCUT2D eigenvalue weighted by molar-refractivity contribution is 5.89. The third-order valence-corrected chi connectivity index (χ3v) is 3.08. The smallest absolute Gasteiger partial charge is 0.355 e. The highest BCUT2D eigenvalue weighted by Gasteiger charge is 2.17. The lowest BCUT2D eigenvalue weighted by atomic mass is 10.3. The van der Waals surface area contributed by atoms with Crippen LogP contribution >= 0.6 is 0 Å². The minimum Gasteiger partial charge on any atom is -0.461 e. The summed E-state index contributed by atoms with van der Waals surface area (Å²) in [5.41, 5.74) is 1.49. The molecule has 0 aliphatic heterocycles. The Kier molecular flexibility index (Phi) is 4.55. The summed E-state index contributed by atoms with van der Waals surface area (Å²) in [5.74, 6) is 0.546. The number of nitrogens with zero attached hydrogens (tertiary/aromatic N) is 4. The van der Waals surface area contributed by atoms with Gasteiger partial charge in [0, 0.05) is 12.7 Å². The molecule has 0 amide bonds. The lowest BCUT2D eigenvalue weighted by Crippen LogP contribution is -2.16. The fourth-order valence-corrected chi connectivity index (χ4v) is 2.15. The Balaban J connectivity index is 2.25. The molecule has 2 rings (SSSR count). The first kappa shape index (κ1) is 14.3. The Morgan fingerprint density at radius 2 is 2.20 bits per heavy atom. The largest absolute Gasteiger partial charge is 0.461 e. The molecule has 0 N–H and O–H groups in total. The van der Waals surface area contributed by atoms with Crippen LogP contribution in [-0.4, -0.2) is 31.9 Å². The van der Waals surface area contributed by atoms with Crippen molar-refractivity contribution in [2.45, 2.75) is 40.3 Å². The van der Waals surface area contributed by atoms with Crippen LogP contribution in [0.15, 0.2) is 18.6 Å². The predicted molar refractivity (Wildman–Crippen MR) is 74.5 cm³/mol. The zero-order valence-corrected chi connectivity index (χ0v) is 12.2. The molecule has 20 heavy (non-hydrogen) atoms. The van der Waals surface area contributed by atoms with E-state index in [-0.39, 0.29) is 5.97 Å². The molecular weight excluding hydrogens is 256 g/mol. The Labute approximate surface area is 118 Å². The van der Waals surface area contributed by atoms with Gasteiger partial charge in [-0.1, -0.05) is 6.92 Å². The van der Waals surface area contributed by atoms with Crippen molar-refractivity contribution in [3.8, 4) is 0 Å². The van der Waals surface area contributed by atoms with E-state index in [2.05, 4.69) is 17.0 Å². The summed E-state index contributed by atoms with van der Waals surface area (Å²) in [6.45, 7) is 7.51. The average molecular weight is 276 g/mol. The van der Waals surface area contributed by atoms with Gasteiger partial charge in [-0.05, 0) is 31.9 Å². The molecule has 2 heterocycles. The van der Waals surface area contributed by atoms with Gasteiger partial charge in [-0.15, -0.1) is 0 Å². The van der Waals surface area contributed by atoms with E-state index in [1.54, 1.807) is 13.3 Å². The predicted octanol–water partition coefficient (Wildman–Crippen LogP) is 2.02. The number of hydrogen-bond donors (Lipinski definition) is 0.